The Morgan fingerprint density at radius 3 is 2.48 bits per heavy atom. The number of carbonyl (C=O) groups excluding carboxylic acids is 1. The van der Waals surface area contributed by atoms with Gasteiger partial charge in [-0.05, 0) is 61.6 Å². The summed E-state index contributed by atoms with van der Waals surface area (Å²) in [5.74, 6) is 2.61. The number of halogens is 1. The predicted molar refractivity (Wildman–Crippen MR) is 127 cm³/mol. The highest BCUT2D eigenvalue weighted by atomic mass is 35.5. The molecule has 4 rings (SSSR count). The summed E-state index contributed by atoms with van der Waals surface area (Å²) in [6.07, 6.45) is 3.65. The summed E-state index contributed by atoms with van der Waals surface area (Å²) in [5.41, 5.74) is 1.97. The quantitative estimate of drug-likeness (QED) is 0.338. The summed E-state index contributed by atoms with van der Waals surface area (Å²) in [5, 5.41) is 10.4. The third-order valence-electron chi connectivity index (χ3n) is 5.65. The molecule has 1 saturated heterocycles. The number of nitrogens with zero attached hydrogens (tertiary/aromatic N) is 4. The lowest BCUT2D eigenvalue weighted by Crippen LogP contribution is -2.37. The number of benzene rings is 2. The molecule has 5 nitrogen and oxygen atoms in total. The van der Waals surface area contributed by atoms with E-state index < -0.39 is 0 Å². The zero-order chi connectivity index (χ0) is 21.6. The SMILES string of the molecule is CC1CCN(C(=O)CCCSc2nnc(-c3ccc(Cl)cc3)n2-c2ccccc2)CC1. The van der Waals surface area contributed by atoms with Gasteiger partial charge >= 0.3 is 0 Å². The van der Waals surface area contributed by atoms with Gasteiger partial charge in [0.15, 0.2) is 11.0 Å². The number of hydrogen-bond donors (Lipinski definition) is 0. The van der Waals surface area contributed by atoms with Crippen LogP contribution in [0.1, 0.15) is 32.6 Å². The van der Waals surface area contributed by atoms with Crippen LogP contribution in [-0.4, -0.2) is 44.4 Å². The van der Waals surface area contributed by atoms with Crippen LogP contribution in [0.25, 0.3) is 17.1 Å². The molecule has 3 aromatic rings. The second kappa shape index (κ2) is 10.3. The molecular weight excluding hydrogens is 428 g/mol. The van der Waals surface area contributed by atoms with Crippen LogP contribution in [0.4, 0.5) is 0 Å². The second-order valence-corrected chi connectivity index (χ2v) is 9.50. The van der Waals surface area contributed by atoms with E-state index in [0.717, 1.165) is 66.3 Å². The smallest absolute Gasteiger partial charge is 0.222 e. The van der Waals surface area contributed by atoms with Crippen LogP contribution in [-0.2, 0) is 4.79 Å². The number of amides is 1. The molecule has 0 spiro atoms. The molecular formula is C24H27ClN4OS. The first-order chi connectivity index (χ1) is 15.1. The van der Waals surface area contributed by atoms with Gasteiger partial charge in [0.1, 0.15) is 0 Å². The predicted octanol–water partition coefficient (Wildman–Crippen LogP) is 5.72. The molecule has 0 atom stereocenters. The summed E-state index contributed by atoms with van der Waals surface area (Å²) in [6, 6.07) is 17.7. The summed E-state index contributed by atoms with van der Waals surface area (Å²) >= 11 is 7.70. The van der Waals surface area contributed by atoms with E-state index in [1.54, 1.807) is 11.8 Å². The molecule has 1 aliphatic heterocycles. The molecule has 7 heteroatoms. The van der Waals surface area contributed by atoms with Gasteiger partial charge in [-0.15, -0.1) is 10.2 Å². The molecule has 0 N–H and O–H groups in total. The van der Waals surface area contributed by atoms with E-state index in [1.807, 2.05) is 59.5 Å². The molecule has 0 saturated carbocycles. The summed E-state index contributed by atoms with van der Waals surface area (Å²) in [7, 11) is 0. The van der Waals surface area contributed by atoms with Crippen molar-refractivity contribution < 1.29 is 4.79 Å². The standard InChI is InChI=1S/C24H27ClN4OS/c1-18-13-15-28(16-14-18)22(30)8-5-17-31-24-27-26-23(19-9-11-20(25)12-10-19)29(24)21-6-3-2-4-7-21/h2-4,6-7,9-12,18H,5,8,13-17H2,1H3. The van der Waals surface area contributed by atoms with Crippen LogP contribution in [0.2, 0.25) is 5.02 Å². The molecule has 162 valence electrons. The Kier molecular flexibility index (Phi) is 7.30. The highest BCUT2D eigenvalue weighted by Crippen LogP contribution is 2.29. The second-order valence-electron chi connectivity index (χ2n) is 8.00. The Morgan fingerprint density at radius 2 is 1.77 bits per heavy atom. The van der Waals surface area contributed by atoms with Crippen molar-refractivity contribution in [2.45, 2.75) is 37.8 Å². The first kappa shape index (κ1) is 21.9. The molecule has 1 fully saturated rings. The maximum Gasteiger partial charge on any atom is 0.222 e. The fourth-order valence-corrected chi connectivity index (χ4v) is 4.78. The number of likely N-dealkylation sites (tertiary alicyclic amines) is 1. The minimum Gasteiger partial charge on any atom is -0.343 e. The molecule has 0 radical (unpaired) electrons. The van der Waals surface area contributed by atoms with Crippen LogP contribution in [0.5, 0.6) is 0 Å². The minimum absolute atomic E-state index is 0.277. The topological polar surface area (TPSA) is 51.0 Å². The van der Waals surface area contributed by atoms with Crippen molar-refractivity contribution in [2.75, 3.05) is 18.8 Å². The fraction of sp³-hybridized carbons (Fsp3) is 0.375. The van der Waals surface area contributed by atoms with Gasteiger partial charge < -0.3 is 4.90 Å². The highest BCUT2D eigenvalue weighted by molar-refractivity contribution is 7.99. The van der Waals surface area contributed by atoms with Gasteiger partial charge in [-0.2, -0.15) is 0 Å². The first-order valence-corrected chi connectivity index (χ1v) is 12.2. The van der Waals surface area contributed by atoms with E-state index in [1.165, 1.54) is 0 Å². The lowest BCUT2D eigenvalue weighted by molar-refractivity contribution is -0.132. The van der Waals surface area contributed by atoms with Gasteiger partial charge in [0, 0.05) is 41.5 Å². The first-order valence-electron chi connectivity index (χ1n) is 10.8. The average molecular weight is 455 g/mol. The minimum atomic E-state index is 0.277. The highest BCUT2D eigenvalue weighted by Gasteiger charge is 2.20. The monoisotopic (exact) mass is 454 g/mol. The third kappa shape index (κ3) is 5.49. The largest absolute Gasteiger partial charge is 0.343 e. The summed E-state index contributed by atoms with van der Waals surface area (Å²) < 4.78 is 2.07. The van der Waals surface area contributed by atoms with Crippen molar-refractivity contribution in [3.05, 3.63) is 59.6 Å². The van der Waals surface area contributed by atoms with Crippen molar-refractivity contribution in [1.82, 2.24) is 19.7 Å². The normalized spacial score (nSPS) is 14.7. The number of hydrogen-bond acceptors (Lipinski definition) is 4. The number of thioether (sulfide) groups is 1. The third-order valence-corrected chi connectivity index (χ3v) is 6.92. The Balaban J connectivity index is 1.43. The van der Waals surface area contributed by atoms with E-state index in [-0.39, 0.29) is 5.91 Å². The lowest BCUT2D eigenvalue weighted by atomic mass is 9.99. The Morgan fingerprint density at radius 1 is 1.06 bits per heavy atom. The Bertz CT molecular complexity index is 998. The summed E-state index contributed by atoms with van der Waals surface area (Å²) in [6.45, 7) is 4.07. The molecule has 1 amide bonds. The molecule has 0 unspecified atom stereocenters. The zero-order valence-electron chi connectivity index (χ0n) is 17.7. The van der Waals surface area contributed by atoms with E-state index in [2.05, 4.69) is 21.7 Å². The number of rotatable bonds is 7. The Labute approximate surface area is 192 Å². The number of piperidine rings is 1. The number of aromatic nitrogens is 3. The average Bonchev–Trinajstić information content (AvgIpc) is 3.22. The van der Waals surface area contributed by atoms with E-state index >= 15 is 0 Å². The number of carbonyl (C=O) groups is 1. The number of para-hydroxylation sites is 1. The van der Waals surface area contributed by atoms with Crippen LogP contribution < -0.4 is 0 Å². The maximum atomic E-state index is 12.5. The van der Waals surface area contributed by atoms with Gasteiger partial charge in [-0.1, -0.05) is 48.5 Å². The molecule has 2 aromatic carbocycles. The van der Waals surface area contributed by atoms with Crippen molar-refractivity contribution in [2.24, 2.45) is 5.92 Å². The molecule has 1 aliphatic rings. The van der Waals surface area contributed by atoms with Crippen LogP contribution >= 0.6 is 23.4 Å². The van der Waals surface area contributed by atoms with Crippen molar-refractivity contribution >= 4 is 29.3 Å². The molecule has 0 aliphatic carbocycles. The maximum absolute atomic E-state index is 12.5. The van der Waals surface area contributed by atoms with Gasteiger partial charge in [-0.25, -0.2) is 0 Å². The van der Waals surface area contributed by atoms with Crippen molar-refractivity contribution in [3.63, 3.8) is 0 Å². The Hall–Kier alpha value is -2.31. The fourth-order valence-electron chi connectivity index (χ4n) is 3.76. The van der Waals surface area contributed by atoms with Crippen molar-refractivity contribution in [1.29, 1.82) is 0 Å². The van der Waals surface area contributed by atoms with Gasteiger partial charge in [-0.3, -0.25) is 9.36 Å². The van der Waals surface area contributed by atoms with Crippen LogP contribution in [0.15, 0.2) is 59.8 Å². The lowest BCUT2D eigenvalue weighted by Gasteiger charge is -2.30. The molecule has 31 heavy (non-hydrogen) atoms. The van der Waals surface area contributed by atoms with Gasteiger partial charge in [0.05, 0.1) is 0 Å². The molecule has 0 bridgehead atoms. The molecule has 1 aromatic heterocycles. The van der Waals surface area contributed by atoms with E-state index in [4.69, 9.17) is 11.6 Å². The van der Waals surface area contributed by atoms with Crippen molar-refractivity contribution in [3.8, 4) is 17.1 Å². The molecule has 2 heterocycles. The van der Waals surface area contributed by atoms with E-state index in [9.17, 15) is 4.79 Å². The summed E-state index contributed by atoms with van der Waals surface area (Å²) in [4.78, 5) is 14.5. The van der Waals surface area contributed by atoms with Crippen LogP contribution in [0.3, 0.4) is 0 Å². The van der Waals surface area contributed by atoms with Crippen LogP contribution in [0, 0.1) is 5.92 Å². The zero-order valence-corrected chi connectivity index (χ0v) is 19.3. The van der Waals surface area contributed by atoms with E-state index in [0.29, 0.717) is 11.4 Å². The van der Waals surface area contributed by atoms with Gasteiger partial charge in [0.25, 0.3) is 0 Å². The van der Waals surface area contributed by atoms with Gasteiger partial charge in [0.2, 0.25) is 5.91 Å².